The van der Waals surface area contributed by atoms with E-state index in [1.54, 1.807) is 23.0 Å². The number of carbonyl (C=O) groups excluding carboxylic acids is 1. The fourth-order valence-corrected chi connectivity index (χ4v) is 1.93. The van der Waals surface area contributed by atoms with Gasteiger partial charge in [0.25, 0.3) is 5.91 Å². The predicted molar refractivity (Wildman–Crippen MR) is 82.8 cm³/mol. The lowest BCUT2D eigenvalue weighted by molar-refractivity contribution is 0.102. The molecule has 1 N–H and O–H groups in total. The van der Waals surface area contributed by atoms with Crippen molar-refractivity contribution in [3.63, 3.8) is 0 Å². The summed E-state index contributed by atoms with van der Waals surface area (Å²) in [6.45, 7) is 1.59. The smallest absolute Gasteiger partial charge is 0.256 e. The molecular weight excluding hydrogens is 339 g/mol. The Bertz CT molecular complexity index is 642. The normalized spacial score (nSPS) is 10.9. The number of halogens is 2. The van der Waals surface area contributed by atoms with E-state index in [2.05, 4.69) is 26.3 Å². The fourth-order valence-electron chi connectivity index (χ4n) is 1.68. The van der Waals surface area contributed by atoms with E-state index in [4.69, 9.17) is 0 Å². The van der Waals surface area contributed by atoms with Crippen LogP contribution in [-0.4, -0.2) is 41.2 Å². The van der Waals surface area contributed by atoms with Gasteiger partial charge in [-0.25, -0.2) is 4.39 Å². The number of hydrogen-bond donors (Lipinski definition) is 1. The van der Waals surface area contributed by atoms with Crippen molar-refractivity contribution in [1.82, 2.24) is 14.7 Å². The summed E-state index contributed by atoms with van der Waals surface area (Å²) in [6, 6.07) is 5.94. The molecule has 112 valence electrons. The minimum atomic E-state index is -0.473. The Morgan fingerprint density at radius 2 is 2.19 bits per heavy atom. The van der Waals surface area contributed by atoms with Crippen LogP contribution < -0.4 is 5.32 Å². The third-order valence-corrected chi connectivity index (χ3v) is 3.48. The van der Waals surface area contributed by atoms with Gasteiger partial charge in [0.15, 0.2) is 5.82 Å². The SMILES string of the molecule is CN(C)CCn1ccc(NC(=O)c2ccc(Br)c(F)c2)n1. The number of anilines is 1. The van der Waals surface area contributed by atoms with Crippen LogP contribution in [0, 0.1) is 5.82 Å². The number of likely N-dealkylation sites (N-methyl/N-ethyl adjacent to an activating group) is 1. The van der Waals surface area contributed by atoms with Crippen LogP contribution in [0.5, 0.6) is 0 Å². The van der Waals surface area contributed by atoms with E-state index in [1.165, 1.54) is 12.1 Å². The Morgan fingerprint density at radius 3 is 2.86 bits per heavy atom. The van der Waals surface area contributed by atoms with Gasteiger partial charge in [0.05, 0.1) is 11.0 Å². The number of hydrogen-bond acceptors (Lipinski definition) is 3. The number of nitrogens with one attached hydrogen (secondary N) is 1. The molecule has 1 heterocycles. The monoisotopic (exact) mass is 354 g/mol. The van der Waals surface area contributed by atoms with Crippen LogP contribution in [0.2, 0.25) is 0 Å². The van der Waals surface area contributed by atoms with Crippen LogP contribution in [-0.2, 0) is 6.54 Å². The van der Waals surface area contributed by atoms with Crippen molar-refractivity contribution in [3.8, 4) is 0 Å². The molecule has 2 aromatic rings. The molecule has 1 aromatic heterocycles. The lowest BCUT2D eigenvalue weighted by Gasteiger charge is -2.08. The van der Waals surface area contributed by atoms with Crippen molar-refractivity contribution in [2.24, 2.45) is 0 Å². The highest BCUT2D eigenvalue weighted by Gasteiger charge is 2.10. The quantitative estimate of drug-likeness (QED) is 0.897. The summed E-state index contributed by atoms with van der Waals surface area (Å²) in [4.78, 5) is 14.0. The molecule has 0 spiro atoms. The second-order valence-corrected chi connectivity index (χ2v) is 5.70. The summed E-state index contributed by atoms with van der Waals surface area (Å²) in [7, 11) is 3.96. The van der Waals surface area contributed by atoms with E-state index >= 15 is 0 Å². The number of benzene rings is 1. The largest absolute Gasteiger partial charge is 0.308 e. The zero-order valence-corrected chi connectivity index (χ0v) is 13.4. The lowest BCUT2D eigenvalue weighted by Crippen LogP contribution is -2.19. The summed E-state index contributed by atoms with van der Waals surface area (Å²) < 4.78 is 15.5. The second-order valence-electron chi connectivity index (χ2n) is 4.85. The molecule has 0 fully saturated rings. The standard InChI is InChI=1S/C14H16BrFN4O/c1-19(2)7-8-20-6-5-13(18-20)17-14(21)10-3-4-11(15)12(16)9-10/h3-6,9H,7-8H2,1-2H3,(H,17,18,21). The minimum Gasteiger partial charge on any atom is -0.308 e. The van der Waals surface area contributed by atoms with Crippen molar-refractivity contribution in [2.45, 2.75) is 6.54 Å². The van der Waals surface area contributed by atoms with Crippen molar-refractivity contribution in [3.05, 3.63) is 46.3 Å². The van der Waals surface area contributed by atoms with Crippen LogP contribution in [0.15, 0.2) is 34.9 Å². The molecule has 0 aliphatic rings. The molecule has 5 nitrogen and oxygen atoms in total. The summed E-state index contributed by atoms with van der Waals surface area (Å²) in [5.41, 5.74) is 0.249. The molecule has 0 aliphatic heterocycles. The summed E-state index contributed by atoms with van der Waals surface area (Å²) in [5, 5.41) is 6.89. The van der Waals surface area contributed by atoms with Gasteiger partial charge in [-0.2, -0.15) is 5.10 Å². The van der Waals surface area contributed by atoms with Crippen molar-refractivity contribution >= 4 is 27.7 Å². The van der Waals surface area contributed by atoms with E-state index in [-0.39, 0.29) is 11.5 Å². The maximum atomic E-state index is 13.4. The highest BCUT2D eigenvalue weighted by molar-refractivity contribution is 9.10. The Balaban J connectivity index is 2.00. The van der Waals surface area contributed by atoms with Gasteiger partial charge < -0.3 is 10.2 Å². The summed E-state index contributed by atoms with van der Waals surface area (Å²) in [6.07, 6.45) is 1.79. The van der Waals surface area contributed by atoms with Crippen LogP contribution in [0.25, 0.3) is 0 Å². The average molecular weight is 355 g/mol. The van der Waals surface area contributed by atoms with Gasteiger partial charge in [-0.1, -0.05) is 0 Å². The number of rotatable bonds is 5. The summed E-state index contributed by atoms with van der Waals surface area (Å²) in [5.74, 6) is -0.416. The molecule has 0 aliphatic carbocycles. The van der Waals surface area contributed by atoms with Crippen molar-refractivity contribution in [1.29, 1.82) is 0 Å². The molecule has 0 radical (unpaired) electrons. The third-order valence-electron chi connectivity index (χ3n) is 2.84. The van der Waals surface area contributed by atoms with Crippen molar-refractivity contribution in [2.75, 3.05) is 26.0 Å². The molecule has 0 saturated carbocycles. The topological polar surface area (TPSA) is 50.2 Å². The van der Waals surface area contributed by atoms with Gasteiger partial charge in [-0.05, 0) is 48.2 Å². The number of aromatic nitrogens is 2. The van der Waals surface area contributed by atoms with E-state index < -0.39 is 5.82 Å². The number of nitrogens with zero attached hydrogens (tertiary/aromatic N) is 3. The number of carbonyl (C=O) groups is 1. The Hall–Kier alpha value is -1.73. The Morgan fingerprint density at radius 1 is 1.43 bits per heavy atom. The maximum Gasteiger partial charge on any atom is 0.256 e. The van der Waals surface area contributed by atoms with Gasteiger partial charge in [0.2, 0.25) is 0 Å². The predicted octanol–water partition coefficient (Wildman–Crippen LogP) is 2.60. The first-order valence-electron chi connectivity index (χ1n) is 6.40. The molecule has 1 aromatic carbocycles. The second kappa shape index (κ2) is 6.82. The number of amides is 1. The van der Waals surface area contributed by atoms with E-state index in [9.17, 15) is 9.18 Å². The zero-order chi connectivity index (χ0) is 15.4. The van der Waals surface area contributed by atoms with Crippen LogP contribution >= 0.6 is 15.9 Å². The van der Waals surface area contributed by atoms with Gasteiger partial charge in [-0.15, -0.1) is 0 Å². The first-order chi connectivity index (χ1) is 9.95. The van der Waals surface area contributed by atoms with Gasteiger partial charge in [-0.3, -0.25) is 9.48 Å². The van der Waals surface area contributed by atoms with E-state index in [1.807, 2.05) is 19.0 Å². The lowest BCUT2D eigenvalue weighted by atomic mass is 10.2. The molecule has 7 heteroatoms. The minimum absolute atomic E-state index is 0.249. The highest BCUT2D eigenvalue weighted by atomic mass is 79.9. The third kappa shape index (κ3) is 4.37. The molecule has 2 rings (SSSR count). The molecule has 1 amide bonds. The molecular formula is C14H16BrFN4O. The van der Waals surface area contributed by atoms with Crippen molar-refractivity contribution < 1.29 is 9.18 Å². The zero-order valence-electron chi connectivity index (χ0n) is 11.8. The maximum absolute atomic E-state index is 13.4. The van der Waals surface area contributed by atoms with Crippen LogP contribution in [0.3, 0.4) is 0 Å². The fraction of sp³-hybridized carbons (Fsp3) is 0.286. The average Bonchev–Trinajstić information content (AvgIpc) is 2.87. The molecule has 0 unspecified atom stereocenters. The Kier molecular flexibility index (Phi) is 5.08. The molecule has 0 bridgehead atoms. The van der Waals surface area contributed by atoms with Crippen LogP contribution in [0.4, 0.5) is 10.2 Å². The van der Waals surface area contributed by atoms with Gasteiger partial charge >= 0.3 is 0 Å². The van der Waals surface area contributed by atoms with E-state index in [0.29, 0.717) is 10.3 Å². The Labute approximate surface area is 130 Å². The first kappa shape index (κ1) is 15.7. The van der Waals surface area contributed by atoms with Crippen LogP contribution in [0.1, 0.15) is 10.4 Å². The summed E-state index contributed by atoms with van der Waals surface area (Å²) >= 11 is 3.05. The molecule has 0 saturated heterocycles. The van der Waals surface area contributed by atoms with Gasteiger partial charge in [0.1, 0.15) is 5.82 Å². The molecule has 0 atom stereocenters. The first-order valence-corrected chi connectivity index (χ1v) is 7.19. The van der Waals surface area contributed by atoms with Gasteiger partial charge in [0, 0.05) is 24.4 Å². The van der Waals surface area contributed by atoms with E-state index in [0.717, 1.165) is 13.1 Å². The highest BCUT2D eigenvalue weighted by Crippen LogP contribution is 2.17. The molecule has 21 heavy (non-hydrogen) atoms.